The molecule has 2 aromatic rings. The van der Waals surface area contributed by atoms with Crippen molar-refractivity contribution in [3.63, 3.8) is 0 Å². The fourth-order valence-electron chi connectivity index (χ4n) is 3.60. The molecule has 7 nitrogen and oxygen atoms in total. The molecule has 3 rings (SSSR count). The second-order valence-electron chi connectivity index (χ2n) is 6.79. The van der Waals surface area contributed by atoms with Crippen molar-refractivity contribution in [3.8, 4) is 0 Å². The first kappa shape index (κ1) is 19.8. The zero-order valence-corrected chi connectivity index (χ0v) is 16.2. The van der Waals surface area contributed by atoms with Crippen molar-refractivity contribution in [2.45, 2.75) is 26.3 Å². The van der Waals surface area contributed by atoms with Crippen LogP contribution in [-0.4, -0.2) is 52.9 Å². The Bertz CT molecular complexity index is 842. The summed E-state index contributed by atoms with van der Waals surface area (Å²) in [5.41, 5.74) is 0.568. The number of Topliss-reactive ketones (excluding diaryl/α,β-unsaturated/α-hetero) is 1. The molecule has 3 heterocycles. The van der Waals surface area contributed by atoms with E-state index in [0.717, 1.165) is 26.1 Å². The average Bonchev–Trinajstić information content (AvgIpc) is 3.34. The summed E-state index contributed by atoms with van der Waals surface area (Å²) in [6.07, 6.45) is 3.77. The highest BCUT2D eigenvalue weighted by molar-refractivity contribution is 6.14. The molecule has 0 saturated heterocycles. The normalized spacial score (nSPS) is 17.0. The number of pyridine rings is 1. The smallest absolute Gasteiger partial charge is 0.290 e. The number of hydrogen-bond donors (Lipinski definition) is 2. The molecule has 0 saturated carbocycles. The van der Waals surface area contributed by atoms with Gasteiger partial charge in [-0.05, 0) is 38.1 Å². The van der Waals surface area contributed by atoms with Gasteiger partial charge in [0, 0.05) is 19.2 Å². The molecule has 7 heteroatoms. The van der Waals surface area contributed by atoms with Crippen molar-refractivity contribution in [3.05, 3.63) is 65.6 Å². The van der Waals surface area contributed by atoms with Crippen LogP contribution in [-0.2, 0) is 4.79 Å². The third-order valence-corrected chi connectivity index (χ3v) is 5.19. The molecule has 0 aromatic carbocycles. The van der Waals surface area contributed by atoms with Gasteiger partial charge in [-0.25, -0.2) is 0 Å². The summed E-state index contributed by atoms with van der Waals surface area (Å²) in [7, 11) is 0. The molecule has 28 heavy (non-hydrogen) atoms. The van der Waals surface area contributed by atoms with Crippen LogP contribution in [0.25, 0.3) is 0 Å². The number of nitrogens with one attached hydrogen (secondary N) is 1. The van der Waals surface area contributed by atoms with E-state index in [1.54, 1.807) is 30.5 Å². The molecule has 0 aliphatic carbocycles. The molecular weight excluding hydrogens is 358 g/mol. The maximum absolute atomic E-state index is 12.9. The van der Waals surface area contributed by atoms with Gasteiger partial charge in [-0.15, -0.1) is 0 Å². The molecule has 0 unspecified atom stereocenters. The van der Waals surface area contributed by atoms with Crippen molar-refractivity contribution >= 4 is 11.7 Å². The minimum atomic E-state index is -0.724. The maximum Gasteiger partial charge on any atom is 0.290 e. The Morgan fingerprint density at radius 3 is 2.64 bits per heavy atom. The number of hydrogen-bond acceptors (Lipinski definition) is 5. The monoisotopic (exact) mass is 384 g/mol. The van der Waals surface area contributed by atoms with Gasteiger partial charge < -0.3 is 19.3 Å². The number of aliphatic hydroxyl groups is 1. The Morgan fingerprint density at radius 2 is 2.04 bits per heavy atom. The van der Waals surface area contributed by atoms with Crippen molar-refractivity contribution in [1.82, 2.24) is 9.88 Å². The third kappa shape index (κ3) is 3.84. The van der Waals surface area contributed by atoms with E-state index in [0.29, 0.717) is 12.2 Å². The minimum absolute atomic E-state index is 0.0221. The number of amides is 1. The molecule has 1 aliphatic heterocycles. The zero-order valence-electron chi connectivity index (χ0n) is 16.2. The number of carbonyl (C=O) groups excluding carboxylic acids is 2. The number of nitrogens with zero attached hydrogens (tertiary/aromatic N) is 2. The first-order valence-corrected chi connectivity index (χ1v) is 9.65. The SMILES string of the molecule is CC[NH+](CC)CCCN1C(=O)C(O)=C(C(=O)c2ccco2)[C@@H]1c1ccccn1. The second-order valence-corrected chi connectivity index (χ2v) is 6.79. The van der Waals surface area contributed by atoms with Gasteiger partial charge in [-0.1, -0.05) is 6.07 Å². The molecule has 0 fully saturated rings. The lowest BCUT2D eigenvalue weighted by atomic mass is 9.98. The minimum Gasteiger partial charge on any atom is -0.503 e. The van der Waals surface area contributed by atoms with Crippen LogP contribution in [0, 0.1) is 0 Å². The average molecular weight is 384 g/mol. The number of quaternary nitrogens is 1. The van der Waals surface area contributed by atoms with Crippen LogP contribution < -0.4 is 4.90 Å². The molecule has 1 aliphatic rings. The van der Waals surface area contributed by atoms with E-state index >= 15 is 0 Å². The van der Waals surface area contributed by atoms with Crippen molar-refractivity contribution in [2.75, 3.05) is 26.2 Å². The van der Waals surface area contributed by atoms with Crippen molar-refractivity contribution in [2.24, 2.45) is 0 Å². The van der Waals surface area contributed by atoms with Gasteiger partial charge in [-0.3, -0.25) is 14.6 Å². The van der Waals surface area contributed by atoms with E-state index in [4.69, 9.17) is 4.42 Å². The predicted molar refractivity (Wildman–Crippen MR) is 103 cm³/mol. The summed E-state index contributed by atoms with van der Waals surface area (Å²) in [5.74, 6) is -1.47. The molecule has 1 amide bonds. The summed E-state index contributed by atoms with van der Waals surface area (Å²) < 4.78 is 5.20. The van der Waals surface area contributed by atoms with Crippen LogP contribution in [0.5, 0.6) is 0 Å². The number of rotatable bonds is 9. The Balaban J connectivity index is 1.90. The molecule has 2 aromatic heterocycles. The fraction of sp³-hybridized carbons (Fsp3) is 0.381. The summed E-state index contributed by atoms with van der Waals surface area (Å²) >= 11 is 0. The number of furan rings is 1. The molecule has 0 radical (unpaired) electrons. The number of aromatic nitrogens is 1. The summed E-state index contributed by atoms with van der Waals surface area (Å²) in [6.45, 7) is 7.63. The van der Waals surface area contributed by atoms with Gasteiger partial charge in [0.15, 0.2) is 11.5 Å². The predicted octanol–water partition coefficient (Wildman–Crippen LogP) is 1.57. The van der Waals surface area contributed by atoms with Crippen LogP contribution in [0.2, 0.25) is 0 Å². The third-order valence-electron chi connectivity index (χ3n) is 5.19. The Hall–Kier alpha value is -2.93. The second kappa shape index (κ2) is 8.84. The highest BCUT2D eigenvalue weighted by Gasteiger charge is 2.44. The Kier molecular flexibility index (Phi) is 6.26. The van der Waals surface area contributed by atoms with Crippen LogP contribution in [0.1, 0.15) is 42.6 Å². The van der Waals surface area contributed by atoms with E-state index in [2.05, 4.69) is 18.8 Å². The Morgan fingerprint density at radius 1 is 1.25 bits per heavy atom. The van der Waals surface area contributed by atoms with Crippen LogP contribution in [0.4, 0.5) is 0 Å². The fourth-order valence-corrected chi connectivity index (χ4v) is 3.60. The highest BCUT2D eigenvalue weighted by atomic mass is 16.3. The Labute approximate surface area is 164 Å². The van der Waals surface area contributed by atoms with E-state index in [9.17, 15) is 14.7 Å². The van der Waals surface area contributed by atoms with E-state index in [-0.39, 0.29) is 11.3 Å². The number of aliphatic hydroxyl groups excluding tert-OH is 1. The van der Waals surface area contributed by atoms with E-state index in [1.165, 1.54) is 22.1 Å². The van der Waals surface area contributed by atoms with E-state index < -0.39 is 23.5 Å². The zero-order chi connectivity index (χ0) is 20.1. The first-order valence-electron chi connectivity index (χ1n) is 9.65. The summed E-state index contributed by atoms with van der Waals surface area (Å²) in [5, 5.41) is 10.5. The highest BCUT2D eigenvalue weighted by Crippen LogP contribution is 2.38. The molecule has 0 spiro atoms. The van der Waals surface area contributed by atoms with Crippen molar-refractivity contribution < 1.29 is 24.0 Å². The van der Waals surface area contributed by atoms with Crippen LogP contribution in [0.3, 0.4) is 0 Å². The molecule has 1 atom stereocenters. The lowest BCUT2D eigenvalue weighted by molar-refractivity contribution is -0.896. The summed E-state index contributed by atoms with van der Waals surface area (Å²) in [6, 6.07) is 7.73. The first-order chi connectivity index (χ1) is 13.6. The van der Waals surface area contributed by atoms with Crippen molar-refractivity contribution in [1.29, 1.82) is 0 Å². The quantitative estimate of drug-likeness (QED) is 0.641. The maximum atomic E-state index is 12.9. The molecule has 0 bridgehead atoms. The van der Waals surface area contributed by atoms with Gasteiger partial charge in [0.1, 0.15) is 6.04 Å². The molecule has 148 valence electrons. The van der Waals surface area contributed by atoms with Gasteiger partial charge in [0.2, 0.25) is 5.78 Å². The lowest BCUT2D eigenvalue weighted by Crippen LogP contribution is -3.11. The topological polar surface area (TPSA) is 88.1 Å². The van der Waals surface area contributed by atoms with Crippen LogP contribution in [0.15, 0.2) is 58.5 Å². The molecule has 2 N–H and O–H groups in total. The van der Waals surface area contributed by atoms with Gasteiger partial charge in [0.05, 0.1) is 37.2 Å². The van der Waals surface area contributed by atoms with Gasteiger partial charge in [0.25, 0.3) is 5.91 Å². The van der Waals surface area contributed by atoms with Gasteiger partial charge in [-0.2, -0.15) is 0 Å². The number of carbonyl (C=O) groups is 2. The summed E-state index contributed by atoms with van der Waals surface area (Å²) in [4.78, 5) is 33.1. The van der Waals surface area contributed by atoms with Gasteiger partial charge >= 0.3 is 0 Å². The van der Waals surface area contributed by atoms with E-state index in [1.807, 2.05) is 0 Å². The molecular formula is C21H26N3O4+. The standard InChI is InChI=1S/C21H25N3O4/c1-3-23(4-2)12-8-13-24-18(15-9-5-6-11-22-15)17(20(26)21(24)27)19(25)16-10-7-14-28-16/h5-7,9-11,14,18,26H,3-4,8,12-13H2,1-2H3/p+1/t18-/m0/s1. The lowest BCUT2D eigenvalue weighted by Gasteiger charge is -2.26. The number of ketones is 1. The van der Waals surface area contributed by atoms with Crippen LogP contribution >= 0.6 is 0 Å². The largest absolute Gasteiger partial charge is 0.503 e.